The van der Waals surface area contributed by atoms with Crippen LogP contribution in [0.3, 0.4) is 0 Å². The SMILES string of the molecule is c1cc(Cn2cccn2)cc(-c2cccc(C3CCCN3)c2)c1. The van der Waals surface area contributed by atoms with Gasteiger partial charge in [-0.25, -0.2) is 0 Å². The minimum atomic E-state index is 0.516. The van der Waals surface area contributed by atoms with E-state index in [1.165, 1.54) is 35.1 Å². The molecule has 0 saturated carbocycles. The lowest BCUT2D eigenvalue weighted by atomic mass is 9.97. The molecule has 0 amide bonds. The van der Waals surface area contributed by atoms with E-state index >= 15 is 0 Å². The Labute approximate surface area is 137 Å². The summed E-state index contributed by atoms with van der Waals surface area (Å²) < 4.78 is 1.96. The fraction of sp³-hybridized carbons (Fsp3) is 0.250. The summed E-state index contributed by atoms with van der Waals surface area (Å²) in [6.07, 6.45) is 6.33. The smallest absolute Gasteiger partial charge is 0.0659 e. The third kappa shape index (κ3) is 3.20. The third-order valence-electron chi connectivity index (χ3n) is 4.51. The molecule has 0 radical (unpaired) electrons. The number of nitrogens with one attached hydrogen (secondary N) is 1. The van der Waals surface area contributed by atoms with Gasteiger partial charge in [-0.2, -0.15) is 5.10 Å². The van der Waals surface area contributed by atoms with Crippen molar-refractivity contribution >= 4 is 0 Å². The fourth-order valence-electron chi connectivity index (χ4n) is 3.33. The van der Waals surface area contributed by atoms with Crippen LogP contribution in [-0.4, -0.2) is 16.3 Å². The minimum absolute atomic E-state index is 0.516. The largest absolute Gasteiger partial charge is 0.310 e. The molecule has 1 saturated heterocycles. The molecule has 0 aliphatic carbocycles. The Kier molecular flexibility index (Phi) is 3.95. The van der Waals surface area contributed by atoms with Crippen molar-refractivity contribution in [3.63, 3.8) is 0 Å². The summed E-state index contributed by atoms with van der Waals surface area (Å²) in [5.74, 6) is 0. The molecule has 0 spiro atoms. The van der Waals surface area contributed by atoms with Crippen LogP contribution < -0.4 is 5.32 Å². The highest BCUT2D eigenvalue weighted by Crippen LogP contribution is 2.28. The van der Waals surface area contributed by atoms with Gasteiger partial charge < -0.3 is 5.32 Å². The van der Waals surface area contributed by atoms with Gasteiger partial charge in [0, 0.05) is 18.4 Å². The van der Waals surface area contributed by atoms with Gasteiger partial charge >= 0.3 is 0 Å². The molecular weight excluding hydrogens is 282 g/mol. The Hall–Kier alpha value is -2.39. The van der Waals surface area contributed by atoms with Crippen LogP contribution in [0.1, 0.15) is 30.0 Å². The second kappa shape index (κ2) is 6.39. The number of aromatic nitrogens is 2. The molecule has 1 fully saturated rings. The van der Waals surface area contributed by atoms with Crippen molar-refractivity contribution in [1.29, 1.82) is 0 Å². The predicted octanol–water partition coefficient (Wildman–Crippen LogP) is 4.02. The second-order valence-electron chi connectivity index (χ2n) is 6.18. The number of rotatable bonds is 4. The molecule has 3 heteroatoms. The van der Waals surface area contributed by atoms with E-state index in [1.807, 2.05) is 23.1 Å². The summed E-state index contributed by atoms with van der Waals surface area (Å²) in [5, 5.41) is 7.87. The van der Waals surface area contributed by atoms with Gasteiger partial charge in [-0.15, -0.1) is 0 Å². The fourth-order valence-corrected chi connectivity index (χ4v) is 3.33. The zero-order valence-corrected chi connectivity index (χ0v) is 13.2. The van der Waals surface area contributed by atoms with Crippen LogP contribution in [-0.2, 0) is 6.54 Å². The maximum Gasteiger partial charge on any atom is 0.0659 e. The molecule has 1 atom stereocenters. The summed E-state index contributed by atoms with van der Waals surface area (Å²) in [5.41, 5.74) is 5.24. The van der Waals surface area contributed by atoms with Crippen LogP contribution in [0.25, 0.3) is 11.1 Å². The summed E-state index contributed by atoms with van der Waals surface area (Å²) in [4.78, 5) is 0. The molecule has 1 N–H and O–H groups in total. The van der Waals surface area contributed by atoms with Crippen molar-refractivity contribution in [1.82, 2.24) is 15.1 Å². The van der Waals surface area contributed by atoms with Gasteiger partial charge in [0.2, 0.25) is 0 Å². The molecule has 2 aromatic carbocycles. The maximum absolute atomic E-state index is 4.29. The first kappa shape index (κ1) is 14.2. The molecule has 116 valence electrons. The van der Waals surface area contributed by atoms with Gasteiger partial charge in [0.05, 0.1) is 6.54 Å². The molecule has 0 bridgehead atoms. The average Bonchev–Trinajstić information content (AvgIpc) is 3.29. The number of hydrogen-bond acceptors (Lipinski definition) is 2. The first-order valence-corrected chi connectivity index (χ1v) is 8.28. The highest BCUT2D eigenvalue weighted by Gasteiger charge is 2.16. The summed E-state index contributed by atoms with van der Waals surface area (Å²) in [6.45, 7) is 1.94. The third-order valence-corrected chi connectivity index (χ3v) is 4.51. The molecule has 1 aliphatic rings. The van der Waals surface area contributed by atoms with E-state index in [9.17, 15) is 0 Å². The van der Waals surface area contributed by atoms with Crippen LogP contribution in [0.2, 0.25) is 0 Å². The standard InChI is InChI=1S/C20H21N3/c1-5-16(15-23-12-4-11-22-23)13-17(6-1)18-7-2-8-19(14-18)20-9-3-10-21-20/h1-2,4-8,11-14,20-21H,3,9-10,15H2. The molecule has 2 heterocycles. The summed E-state index contributed by atoms with van der Waals surface area (Å²) in [7, 11) is 0. The Bertz CT molecular complexity index is 771. The van der Waals surface area contributed by atoms with Gasteiger partial charge in [-0.3, -0.25) is 4.68 Å². The molecule has 1 unspecified atom stereocenters. The molecule has 1 aliphatic heterocycles. The molecule has 1 aromatic heterocycles. The zero-order chi connectivity index (χ0) is 15.5. The number of hydrogen-bond donors (Lipinski definition) is 1. The highest BCUT2D eigenvalue weighted by molar-refractivity contribution is 5.65. The van der Waals surface area contributed by atoms with Crippen molar-refractivity contribution in [2.24, 2.45) is 0 Å². The molecule has 3 aromatic rings. The van der Waals surface area contributed by atoms with Crippen molar-refractivity contribution < 1.29 is 0 Å². The quantitative estimate of drug-likeness (QED) is 0.789. The van der Waals surface area contributed by atoms with Crippen LogP contribution in [0.4, 0.5) is 0 Å². The van der Waals surface area contributed by atoms with E-state index in [2.05, 4.69) is 58.9 Å². The number of benzene rings is 2. The normalized spacial score (nSPS) is 17.5. The van der Waals surface area contributed by atoms with Gasteiger partial charge in [0.15, 0.2) is 0 Å². The van der Waals surface area contributed by atoms with E-state index in [-0.39, 0.29) is 0 Å². The van der Waals surface area contributed by atoms with Gasteiger partial charge in [0.1, 0.15) is 0 Å². The van der Waals surface area contributed by atoms with Gasteiger partial charge in [0.25, 0.3) is 0 Å². The Morgan fingerprint density at radius 1 is 1.04 bits per heavy atom. The van der Waals surface area contributed by atoms with Gasteiger partial charge in [-0.05, 0) is 59.8 Å². The van der Waals surface area contributed by atoms with Gasteiger partial charge in [-0.1, -0.05) is 36.4 Å². The lowest BCUT2D eigenvalue weighted by molar-refractivity contribution is 0.648. The van der Waals surface area contributed by atoms with Crippen LogP contribution in [0, 0.1) is 0 Å². The lowest BCUT2D eigenvalue weighted by Crippen LogP contribution is -2.12. The van der Waals surface area contributed by atoms with E-state index in [4.69, 9.17) is 0 Å². The van der Waals surface area contributed by atoms with Crippen molar-refractivity contribution in [3.8, 4) is 11.1 Å². The monoisotopic (exact) mass is 303 g/mol. The Morgan fingerprint density at radius 3 is 2.70 bits per heavy atom. The minimum Gasteiger partial charge on any atom is -0.310 e. The first-order valence-electron chi connectivity index (χ1n) is 8.28. The Balaban J connectivity index is 1.61. The van der Waals surface area contributed by atoms with Crippen LogP contribution >= 0.6 is 0 Å². The van der Waals surface area contributed by atoms with E-state index < -0.39 is 0 Å². The van der Waals surface area contributed by atoms with Crippen molar-refractivity contribution in [3.05, 3.63) is 78.1 Å². The van der Waals surface area contributed by atoms with E-state index in [0.717, 1.165) is 13.1 Å². The van der Waals surface area contributed by atoms with E-state index in [1.54, 1.807) is 0 Å². The lowest BCUT2D eigenvalue weighted by Gasteiger charge is -2.13. The predicted molar refractivity (Wildman–Crippen MR) is 93.2 cm³/mol. The first-order chi connectivity index (χ1) is 11.4. The summed E-state index contributed by atoms with van der Waals surface area (Å²) in [6, 6.07) is 20.2. The van der Waals surface area contributed by atoms with Crippen molar-refractivity contribution in [2.75, 3.05) is 6.54 Å². The molecule has 23 heavy (non-hydrogen) atoms. The van der Waals surface area contributed by atoms with E-state index in [0.29, 0.717) is 6.04 Å². The average molecular weight is 303 g/mol. The maximum atomic E-state index is 4.29. The summed E-state index contributed by atoms with van der Waals surface area (Å²) >= 11 is 0. The van der Waals surface area contributed by atoms with Crippen LogP contribution in [0.15, 0.2) is 67.0 Å². The second-order valence-corrected chi connectivity index (χ2v) is 6.18. The number of nitrogens with zero attached hydrogens (tertiary/aromatic N) is 2. The highest BCUT2D eigenvalue weighted by atomic mass is 15.3. The zero-order valence-electron chi connectivity index (χ0n) is 13.2. The topological polar surface area (TPSA) is 29.9 Å². The van der Waals surface area contributed by atoms with Crippen molar-refractivity contribution in [2.45, 2.75) is 25.4 Å². The molecular formula is C20H21N3. The molecule has 3 nitrogen and oxygen atoms in total. The molecule has 4 rings (SSSR count). The Morgan fingerprint density at radius 2 is 1.91 bits per heavy atom. The van der Waals surface area contributed by atoms with Crippen LogP contribution in [0.5, 0.6) is 0 Å².